The molecule has 0 heterocycles. The lowest BCUT2D eigenvalue weighted by atomic mass is 10.0. The molecular weight excluding hydrogens is 224 g/mol. The molecule has 0 saturated heterocycles. The van der Waals surface area contributed by atoms with Crippen LogP contribution in [0.25, 0.3) is 0 Å². The fourth-order valence-electron chi connectivity index (χ4n) is 1.53. The van der Waals surface area contributed by atoms with Gasteiger partial charge >= 0.3 is 0 Å². The molecule has 16 heavy (non-hydrogen) atoms. The molecule has 1 rings (SSSR count). The number of hydrogen-bond donors (Lipinski definition) is 2. The van der Waals surface area contributed by atoms with Gasteiger partial charge in [-0.2, -0.15) is 0 Å². The molecule has 0 aliphatic carbocycles. The van der Waals surface area contributed by atoms with Crippen molar-refractivity contribution in [3.63, 3.8) is 0 Å². The van der Waals surface area contributed by atoms with Crippen LogP contribution in [-0.4, -0.2) is 13.2 Å². The molecule has 90 valence electrons. The van der Waals surface area contributed by atoms with Gasteiger partial charge in [0.15, 0.2) is 0 Å². The van der Waals surface area contributed by atoms with Crippen molar-refractivity contribution >= 4 is 11.6 Å². The van der Waals surface area contributed by atoms with Gasteiger partial charge in [0.25, 0.3) is 0 Å². The van der Waals surface area contributed by atoms with Crippen molar-refractivity contribution in [3.05, 3.63) is 28.8 Å². The molecule has 2 unspecified atom stereocenters. The Morgan fingerprint density at radius 2 is 2.00 bits per heavy atom. The van der Waals surface area contributed by atoms with Gasteiger partial charge in [0, 0.05) is 17.1 Å². The molecular formula is C12H19ClN2O. The number of halogens is 1. The summed E-state index contributed by atoms with van der Waals surface area (Å²) >= 11 is 6.13. The standard InChI is InChI=1S/C12H19ClN2O/c1-8(14)3-6-12(15)10-5-4-9(16-2)7-11(10)13/h4-5,7-8,12H,3,6,14-15H2,1-2H3. The molecule has 1 aromatic carbocycles. The van der Waals surface area contributed by atoms with E-state index in [4.69, 9.17) is 27.8 Å². The number of rotatable bonds is 5. The third-order valence-corrected chi connectivity index (χ3v) is 2.87. The van der Waals surface area contributed by atoms with Gasteiger partial charge in [-0.1, -0.05) is 17.7 Å². The van der Waals surface area contributed by atoms with E-state index in [2.05, 4.69) is 0 Å². The van der Waals surface area contributed by atoms with Gasteiger partial charge in [0.1, 0.15) is 5.75 Å². The maximum absolute atomic E-state index is 6.13. The minimum Gasteiger partial charge on any atom is -0.497 e. The Morgan fingerprint density at radius 1 is 1.31 bits per heavy atom. The minimum absolute atomic E-state index is 0.0654. The van der Waals surface area contributed by atoms with E-state index in [1.807, 2.05) is 19.1 Å². The maximum Gasteiger partial charge on any atom is 0.120 e. The fraction of sp³-hybridized carbons (Fsp3) is 0.500. The molecule has 1 aromatic rings. The predicted octanol–water partition coefficient (Wildman–Crippen LogP) is 2.48. The van der Waals surface area contributed by atoms with E-state index in [-0.39, 0.29) is 12.1 Å². The lowest BCUT2D eigenvalue weighted by molar-refractivity contribution is 0.414. The Bertz CT molecular complexity index is 342. The minimum atomic E-state index is -0.0654. The third kappa shape index (κ3) is 3.67. The Morgan fingerprint density at radius 3 is 2.50 bits per heavy atom. The van der Waals surface area contributed by atoms with Crippen molar-refractivity contribution in [2.24, 2.45) is 11.5 Å². The second-order valence-electron chi connectivity index (χ2n) is 4.05. The molecule has 0 radical (unpaired) electrons. The van der Waals surface area contributed by atoms with Crippen molar-refractivity contribution in [2.75, 3.05) is 7.11 Å². The average molecular weight is 243 g/mol. The molecule has 0 aliphatic heterocycles. The largest absolute Gasteiger partial charge is 0.497 e. The monoisotopic (exact) mass is 242 g/mol. The van der Waals surface area contributed by atoms with Gasteiger partial charge < -0.3 is 16.2 Å². The molecule has 4 N–H and O–H groups in total. The summed E-state index contributed by atoms with van der Waals surface area (Å²) in [6.07, 6.45) is 1.73. The summed E-state index contributed by atoms with van der Waals surface area (Å²) in [5.74, 6) is 0.744. The summed E-state index contributed by atoms with van der Waals surface area (Å²) < 4.78 is 5.08. The maximum atomic E-state index is 6.13. The van der Waals surface area contributed by atoms with Gasteiger partial charge in [0.05, 0.1) is 7.11 Å². The van der Waals surface area contributed by atoms with Crippen molar-refractivity contribution in [1.82, 2.24) is 0 Å². The third-order valence-electron chi connectivity index (χ3n) is 2.54. The van der Waals surface area contributed by atoms with Gasteiger partial charge in [-0.3, -0.25) is 0 Å². The average Bonchev–Trinajstić information content (AvgIpc) is 2.25. The second kappa shape index (κ2) is 6.09. The number of ether oxygens (including phenoxy) is 1. The summed E-state index contributed by atoms with van der Waals surface area (Å²) in [5, 5.41) is 0.650. The fourth-order valence-corrected chi connectivity index (χ4v) is 1.84. The highest BCUT2D eigenvalue weighted by molar-refractivity contribution is 6.31. The van der Waals surface area contributed by atoms with E-state index < -0.39 is 0 Å². The van der Waals surface area contributed by atoms with Crippen molar-refractivity contribution < 1.29 is 4.74 Å². The first-order valence-corrected chi connectivity index (χ1v) is 5.77. The van der Waals surface area contributed by atoms with Crippen LogP contribution < -0.4 is 16.2 Å². The topological polar surface area (TPSA) is 61.3 Å². The summed E-state index contributed by atoms with van der Waals surface area (Å²) in [4.78, 5) is 0. The van der Waals surface area contributed by atoms with Crippen molar-refractivity contribution in [2.45, 2.75) is 31.8 Å². The Labute approximate surface area is 102 Å². The van der Waals surface area contributed by atoms with E-state index in [1.54, 1.807) is 13.2 Å². The van der Waals surface area contributed by atoms with Gasteiger partial charge in [-0.05, 0) is 37.5 Å². The van der Waals surface area contributed by atoms with Crippen LogP contribution in [0.15, 0.2) is 18.2 Å². The molecule has 0 fully saturated rings. The zero-order valence-electron chi connectivity index (χ0n) is 9.74. The highest BCUT2D eigenvalue weighted by Gasteiger charge is 2.11. The highest BCUT2D eigenvalue weighted by Crippen LogP contribution is 2.28. The van der Waals surface area contributed by atoms with Crippen LogP contribution in [0.2, 0.25) is 5.02 Å². The van der Waals surface area contributed by atoms with Crippen LogP contribution in [0, 0.1) is 0 Å². The molecule has 0 amide bonds. The first-order valence-electron chi connectivity index (χ1n) is 5.39. The number of hydrogen-bond acceptors (Lipinski definition) is 3. The zero-order chi connectivity index (χ0) is 12.1. The SMILES string of the molecule is COc1ccc(C(N)CCC(C)N)c(Cl)c1. The Hall–Kier alpha value is -0.770. The molecule has 0 bridgehead atoms. The molecule has 0 aliphatic rings. The van der Waals surface area contributed by atoms with Crippen LogP contribution in [-0.2, 0) is 0 Å². The van der Waals surface area contributed by atoms with E-state index >= 15 is 0 Å². The van der Waals surface area contributed by atoms with Crippen molar-refractivity contribution in [1.29, 1.82) is 0 Å². The van der Waals surface area contributed by atoms with Crippen molar-refractivity contribution in [3.8, 4) is 5.75 Å². The van der Waals surface area contributed by atoms with Gasteiger partial charge in [0.2, 0.25) is 0 Å². The summed E-state index contributed by atoms with van der Waals surface area (Å²) in [6, 6.07) is 5.66. The summed E-state index contributed by atoms with van der Waals surface area (Å²) in [6.45, 7) is 1.97. The number of nitrogens with two attached hydrogens (primary N) is 2. The zero-order valence-corrected chi connectivity index (χ0v) is 10.5. The second-order valence-corrected chi connectivity index (χ2v) is 4.46. The highest BCUT2D eigenvalue weighted by atomic mass is 35.5. The molecule has 4 heteroatoms. The van der Waals surface area contributed by atoms with Crippen LogP contribution in [0.5, 0.6) is 5.75 Å². The lowest BCUT2D eigenvalue weighted by Crippen LogP contribution is -2.19. The van der Waals surface area contributed by atoms with E-state index in [1.165, 1.54) is 0 Å². The van der Waals surface area contributed by atoms with Crippen LogP contribution in [0.1, 0.15) is 31.4 Å². The first kappa shape index (κ1) is 13.3. The van der Waals surface area contributed by atoms with Gasteiger partial charge in [-0.25, -0.2) is 0 Å². The Kier molecular flexibility index (Phi) is 5.06. The Balaban J connectivity index is 2.71. The molecule has 2 atom stereocenters. The smallest absolute Gasteiger partial charge is 0.120 e. The number of benzene rings is 1. The summed E-state index contributed by atoms with van der Waals surface area (Å²) in [5.41, 5.74) is 12.7. The van der Waals surface area contributed by atoms with E-state index in [9.17, 15) is 0 Å². The quantitative estimate of drug-likeness (QED) is 0.834. The normalized spacial score (nSPS) is 14.6. The van der Waals surface area contributed by atoms with Crippen LogP contribution >= 0.6 is 11.6 Å². The van der Waals surface area contributed by atoms with Crippen LogP contribution in [0.4, 0.5) is 0 Å². The molecule has 3 nitrogen and oxygen atoms in total. The molecule has 0 saturated carbocycles. The lowest BCUT2D eigenvalue weighted by Gasteiger charge is -2.15. The number of methoxy groups -OCH3 is 1. The van der Waals surface area contributed by atoms with Gasteiger partial charge in [-0.15, -0.1) is 0 Å². The molecule has 0 aromatic heterocycles. The first-order chi connectivity index (χ1) is 7.54. The molecule has 0 spiro atoms. The van der Waals surface area contributed by atoms with Crippen LogP contribution in [0.3, 0.4) is 0 Å². The van der Waals surface area contributed by atoms with E-state index in [0.29, 0.717) is 5.02 Å². The predicted molar refractivity (Wildman–Crippen MR) is 67.8 cm³/mol. The van der Waals surface area contributed by atoms with E-state index in [0.717, 1.165) is 24.2 Å². The summed E-state index contributed by atoms with van der Waals surface area (Å²) in [7, 11) is 1.61.